The average Bonchev–Trinajstić information content (AvgIpc) is 2.34. The topological polar surface area (TPSA) is 27.1 Å². The van der Waals surface area contributed by atoms with Crippen molar-refractivity contribution in [2.75, 3.05) is 26.4 Å². The lowest BCUT2D eigenvalue weighted by molar-refractivity contribution is 0.411. The Labute approximate surface area is 66.5 Å². The summed E-state index contributed by atoms with van der Waals surface area (Å²) in [7, 11) is 2.12. The van der Waals surface area contributed by atoms with Crippen molar-refractivity contribution in [3.8, 4) is 0 Å². The molecule has 0 spiro atoms. The monoisotopic (exact) mass is 158 g/mol. The molecule has 0 bridgehead atoms. The summed E-state index contributed by atoms with van der Waals surface area (Å²) < 4.78 is 0. The molecule has 1 fully saturated rings. The molecule has 10 heavy (non-hydrogen) atoms. The third-order valence-corrected chi connectivity index (χ3v) is 2.76. The molecule has 2 nitrogen and oxygen atoms in total. The normalized spacial score (nSPS) is 27.2. The van der Waals surface area contributed by atoms with Gasteiger partial charge in [0.2, 0.25) is 0 Å². The number of thioether (sulfide) groups is 1. The van der Waals surface area contributed by atoms with Gasteiger partial charge in [0.05, 0.1) is 5.04 Å². The molecule has 1 atom stereocenters. The van der Waals surface area contributed by atoms with Gasteiger partial charge in [0, 0.05) is 12.5 Å². The predicted octanol–water partition coefficient (Wildman–Crippen LogP) is 1.28. The molecule has 0 aromatic heterocycles. The molecule has 0 aliphatic carbocycles. The van der Waals surface area contributed by atoms with Crippen LogP contribution in [0.25, 0.3) is 0 Å². The number of likely N-dealkylation sites (tertiary alicyclic amines) is 1. The van der Waals surface area contributed by atoms with E-state index in [1.807, 2.05) is 6.26 Å². The van der Waals surface area contributed by atoms with Crippen LogP contribution in [-0.2, 0) is 0 Å². The molecular formula is C7H14N2S. The SMILES string of the molecule is CSC(=N)C1CCN(C)C1. The fourth-order valence-electron chi connectivity index (χ4n) is 1.32. The first-order chi connectivity index (χ1) is 4.74. The van der Waals surface area contributed by atoms with Crippen LogP contribution in [0.15, 0.2) is 0 Å². The van der Waals surface area contributed by atoms with E-state index >= 15 is 0 Å². The van der Waals surface area contributed by atoms with Gasteiger partial charge in [-0.25, -0.2) is 0 Å². The molecule has 1 unspecified atom stereocenters. The Balaban J connectivity index is 2.37. The molecular weight excluding hydrogens is 144 g/mol. The Morgan fingerprint density at radius 3 is 2.80 bits per heavy atom. The quantitative estimate of drug-likeness (QED) is 0.460. The van der Waals surface area contributed by atoms with E-state index in [0.717, 1.165) is 18.1 Å². The predicted molar refractivity (Wildman–Crippen MR) is 46.8 cm³/mol. The fraction of sp³-hybridized carbons (Fsp3) is 0.857. The van der Waals surface area contributed by atoms with Crippen molar-refractivity contribution in [3.63, 3.8) is 0 Å². The van der Waals surface area contributed by atoms with E-state index in [0.29, 0.717) is 5.92 Å². The Kier molecular flexibility index (Phi) is 2.74. The molecule has 1 rings (SSSR count). The lowest BCUT2D eigenvalue weighted by Gasteiger charge is -2.08. The van der Waals surface area contributed by atoms with Gasteiger partial charge in [0.15, 0.2) is 0 Å². The van der Waals surface area contributed by atoms with Gasteiger partial charge in [-0.1, -0.05) is 0 Å². The molecule has 0 amide bonds. The molecule has 0 aromatic carbocycles. The van der Waals surface area contributed by atoms with E-state index in [4.69, 9.17) is 5.41 Å². The minimum absolute atomic E-state index is 0.528. The first-order valence-corrected chi connectivity index (χ1v) is 4.77. The zero-order valence-electron chi connectivity index (χ0n) is 6.55. The van der Waals surface area contributed by atoms with E-state index in [9.17, 15) is 0 Å². The summed E-state index contributed by atoms with van der Waals surface area (Å²) in [6.07, 6.45) is 3.16. The Hall–Kier alpha value is -0.0200. The van der Waals surface area contributed by atoms with Crippen LogP contribution in [0.2, 0.25) is 0 Å². The van der Waals surface area contributed by atoms with E-state index in [1.165, 1.54) is 6.42 Å². The Morgan fingerprint density at radius 2 is 2.40 bits per heavy atom. The van der Waals surface area contributed by atoms with Crippen LogP contribution in [0.3, 0.4) is 0 Å². The van der Waals surface area contributed by atoms with Crippen molar-refractivity contribution in [2.45, 2.75) is 6.42 Å². The molecule has 1 aliphatic heterocycles. The summed E-state index contributed by atoms with van der Waals surface area (Å²) in [4.78, 5) is 2.29. The van der Waals surface area contributed by atoms with E-state index in [1.54, 1.807) is 11.8 Å². The summed E-state index contributed by atoms with van der Waals surface area (Å²) in [6.45, 7) is 2.24. The van der Waals surface area contributed by atoms with Crippen LogP contribution in [0.4, 0.5) is 0 Å². The zero-order valence-corrected chi connectivity index (χ0v) is 7.37. The maximum absolute atomic E-state index is 7.56. The number of hydrogen-bond donors (Lipinski definition) is 1. The fourth-order valence-corrected chi connectivity index (χ4v) is 1.84. The molecule has 0 saturated carbocycles. The highest BCUT2D eigenvalue weighted by molar-refractivity contribution is 8.13. The van der Waals surface area contributed by atoms with Gasteiger partial charge < -0.3 is 4.90 Å². The first-order valence-electron chi connectivity index (χ1n) is 3.55. The van der Waals surface area contributed by atoms with Crippen molar-refractivity contribution in [3.05, 3.63) is 0 Å². The van der Waals surface area contributed by atoms with Crippen LogP contribution in [0.5, 0.6) is 0 Å². The van der Waals surface area contributed by atoms with Gasteiger partial charge in [0.25, 0.3) is 0 Å². The lowest BCUT2D eigenvalue weighted by Crippen LogP contribution is -2.17. The third kappa shape index (κ3) is 1.73. The number of nitrogens with zero attached hydrogens (tertiary/aromatic N) is 1. The standard InChI is InChI=1S/C7H14N2S/c1-9-4-3-6(5-9)7(8)10-2/h6,8H,3-5H2,1-2H3. The van der Waals surface area contributed by atoms with Crippen LogP contribution < -0.4 is 0 Å². The average molecular weight is 158 g/mol. The van der Waals surface area contributed by atoms with Gasteiger partial charge in [-0.05, 0) is 26.3 Å². The summed E-state index contributed by atoms with van der Waals surface area (Å²) in [6, 6.07) is 0. The smallest absolute Gasteiger partial charge is 0.0683 e. The number of nitrogens with one attached hydrogen (secondary N) is 1. The summed E-state index contributed by atoms with van der Waals surface area (Å²) in [5, 5.41) is 8.41. The van der Waals surface area contributed by atoms with E-state index < -0.39 is 0 Å². The number of rotatable bonds is 1. The highest BCUT2D eigenvalue weighted by Crippen LogP contribution is 2.19. The molecule has 3 heteroatoms. The summed E-state index contributed by atoms with van der Waals surface area (Å²) >= 11 is 1.58. The van der Waals surface area contributed by atoms with Crippen LogP contribution in [0, 0.1) is 11.3 Å². The largest absolute Gasteiger partial charge is 0.306 e. The maximum Gasteiger partial charge on any atom is 0.0683 e. The van der Waals surface area contributed by atoms with Gasteiger partial charge in [-0.15, -0.1) is 11.8 Å². The minimum atomic E-state index is 0.528. The second-order valence-corrected chi connectivity index (χ2v) is 3.66. The van der Waals surface area contributed by atoms with Crippen LogP contribution in [-0.4, -0.2) is 36.3 Å². The minimum Gasteiger partial charge on any atom is -0.306 e. The Morgan fingerprint density at radius 1 is 1.70 bits per heavy atom. The van der Waals surface area contributed by atoms with E-state index in [2.05, 4.69) is 11.9 Å². The third-order valence-electron chi connectivity index (χ3n) is 1.98. The molecule has 58 valence electrons. The molecule has 1 saturated heterocycles. The van der Waals surface area contributed by atoms with Crippen molar-refractivity contribution < 1.29 is 0 Å². The van der Waals surface area contributed by atoms with Gasteiger partial charge in [0.1, 0.15) is 0 Å². The van der Waals surface area contributed by atoms with Crippen molar-refractivity contribution in [1.82, 2.24) is 4.90 Å². The van der Waals surface area contributed by atoms with Gasteiger partial charge >= 0.3 is 0 Å². The second kappa shape index (κ2) is 3.39. The Bertz CT molecular complexity index is 136. The summed E-state index contributed by atoms with van der Waals surface area (Å²) in [5.74, 6) is 0.528. The van der Waals surface area contributed by atoms with Crippen molar-refractivity contribution in [2.24, 2.45) is 5.92 Å². The summed E-state index contributed by atoms with van der Waals surface area (Å²) in [5.41, 5.74) is 0. The first kappa shape index (κ1) is 8.08. The molecule has 1 N–H and O–H groups in total. The zero-order chi connectivity index (χ0) is 7.56. The van der Waals surface area contributed by atoms with Gasteiger partial charge in [-0.3, -0.25) is 5.41 Å². The molecule has 0 radical (unpaired) electrons. The lowest BCUT2D eigenvalue weighted by atomic mass is 10.1. The highest BCUT2D eigenvalue weighted by Gasteiger charge is 2.22. The van der Waals surface area contributed by atoms with Gasteiger partial charge in [-0.2, -0.15) is 0 Å². The van der Waals surface area contributed by atoms with Crippen LogP contribution >= 0.6 is 11.8 Å². The maximum atomic E-state index is 7.56. The molecule has 0 aromatic rings. The highest BCUT2D eigenvalue weighted by atomic mass is 32.2. The van der Waals surface area contributed by atoms with Crippen molar-refractivity contribution >= 4 is 16.8 Å². The van der Waals surface area contributed by atoms with E-state index in [-0.39, 0.29) is 0 Å². The number of hydrogen-bond acceptors (Lipinski definition) is 3. The molecule has 1 heterocycles. The van der Waals surface area contributed by atoms with Crippen molar-refractivity contribution in [1.29, 1.82) is 5.41 Å². The second-order valence-electron chi connectivity index (χ2n) is 2.82. The van der Waals surface area contributed by atoms with Crippen LogP contribution in [0.1, 0.15) is 6.42 Å². The molecule has 1 aliphatic rings.